The highest BCUT2D eigenvalue weighted by Crippen LogP contribution is 2.34. The molecule has 1 unspecified atom stereocenters. The Balaban J connectivity index is 1.27. The molecule has 0 aliphatic carbocycles. The molecular weight excluding hydrogens is 445 g/mol. The van der Waals surface area contributed by atoms with E-state index in [1.54, 1.807) is 30.3 Å². The van der Waals surface area contributed by atoms with Crippen LogP contribution in [0.4, 0.5) is 13.2 Å². The summed E-state index contributed by atoms with van der Waals surface area (Å²) in [6.45, 7) is 2.50. The maximum Gasteiger partial charge on any atom is 0.166 e. The fourth-order valence-electron chi connectivity index (χ4n) is 4.31. The second-order valence-corrected chi connectivity index (χ2v) is 8.78. The number of benzene rings is 4. The third kappa shape index (κ3) is 5.08. The Morgan fingerprint density at radius 1 is 0.771 bits per heavy atom. The van der Waals surface area contributed by atoms with Gasteiger partial charge in [0.2, 0.25) is 0 Å². The third-order valence-corrected chi connectivity index (χ3v) is 6.39. The summed E-state index contributed by atoms with van der Waals surface area (Å²) < 4.78 is 49.2. The topological polar surface area (TPSA) is 12.5 Å². The van der Waals surface area contributed by atoms with E-state index in [1.807, 2.05) is 61.5 Å². The van der Waals surface area contributed by atoms with E-state index in [1.165, 1.54) is 6.07 Å². The lowest BCUT2D eigenvalue weighted by atomic mass is 9.97. The first-order chi connectivity index (χ1) is 17.0. The molecule has 0 saturated carbocycles. The molecule has 1 saturated heterocycles. The van der Waals surface area contributed by atoms with Gasteiger partial charge in [-0.3, -0.25) is 0 Å². The number of allylic oxidation sites excluding steroid dienone is 1. The van der Waals surface area contributed by atoms with Crippen LogP contribution >= 0.6 is 0 Å². The van der Waals surface area contributed by atoms with Crippen LogP contribution < -0.4 is 0 Å². The molecule has 1 aliphatic heterocycles. The molecule has 4 heteroatoms. The first-order valence-corrected chi connectivity index (χ1v) is 11.7. The third-order valence-electron chi connectivity index (χ3n) is 6.39. The summed E-state index contributed by atoms with van der Waals surface area (Å²) in [6.07, 6.45) is 4.72. The molecule has 4 aromatic carbocycles. The smallest absolute Gasteiger partial charge is 0.166 e. The average molecular weight is 471 g/mol. The van der Waals surface area contributed by atoms with Gasteiger partial charge in [0.1, 0.15) is 11.9 Å². The number of hydrogen-bond donors (Lipinski definition) is 0. The SMILES string of the molecule is C/C=C/c1ccc(-c2ccc(CCc3ccc(-c4ccc(C5CO5)c(F)c4)cc3)c(F)c2F)cc1. The second-order valence-electron chi connectivity index (χ2n) is 8.78. The van der Waals surface area contributed by atoms with Gasteiger partial charge >= 0.3 is 0 Å². The monoisotopic (exact) mass is 470 g/mol. The van der Waals surface area contributed by atoms with E-state index in [0.717, 1.165) is 22.3 Å². The maximum absolute atomic E-state index is 14.9. The van der Waals surface area contributed by atoms with Crippen LogP contribution in [0.5, 0.6) is 0 Å². The molecule has 0 spiro atoms. The highest BCUT2D eigenvalue weighted by atomic mass is 19.2. The van der Waals surface area contributed by atoms with Gasteiger partial charge in [-0.15, -0.1) is 0 Å². The normalized spacial score (nSPS) is 15.0. The molecule has 1 atom stereocenters. The van der Waals surface area contributed by atoms with Crippen molar-refractivity contribution in [3.8, 4) is 22.3 Å². The average Bonchev–Trinajstić information content (AvgIpc) is 3.71. The van der Waals surface area contributed by atoms with Gasteiger partial charge < -0.3 is 4.74 Å². The Morgan fingerprint density at radius 3 is 2.11 bits per heavy atom. The number of rotatable bonds is 7. The minimum absolute atomic E-state index is 0.116. The van der Waals surface area contributed by atoms with Crippen LogP contribution in [0.1, 0.15) is 35.3 Å². The second kappa shape index (κ2) is 9.93. The van der Waals surface area contributed by atoms with E-state index in [4.69, 9.17) is 4.74 Å². The van der Waals surface area contributed by atoms with Crippen molar-refractivity contribution in [2.45, 2.75) is 25.9 Å². The molecule has 1 fully saturated rings. The fourth-order valence-corrected chi connectivity index (χ4v) is 4.31. The quantitative estimate of drug-likeness (QED) is 0.247. The summed E-state index contributed by atoms with van der Waals surface area (Å²) in [6, 6.07) is 23.6. The van der Waals surface area contributed by atoms with E-state index in [9.17, 15) is 13.2 Å². The van der Waals surface area contributed by atoms with Gasteiger partial charge in [-0.2, -0.15) is 0 Å². The van der Waals surface area contributed by atoms with Gasteiger partial charge in [0.25, 0.3) is 0 Å². The molecule has 1 heterocycles. The number of halogens is 3. The Kier molecular flexibility index (Phi) is 6.56. The summed E-state index contributed by atoms with van der Waals surface area (Å²) in [5.41, 5.74) is 5.55. The zero-order valence-electron chi connectivity index (χ0n) is 19.4. The van der Waals surface area contributed by atoms with E-state index in [0.29, 0.717) is 36.1 Å². The highest BCUT2D eigenvalue weighted by molar-refractivity contribution is 5.67. The molecule has 1 nitrogen and oxygen atoms in total. The Bertz CT molecular complexity index is 1370. The summed E-state index contributed by atoms with van der Waals surface area (Å²) in [4.78, 5) is 0. The summed E-state index contributed by atoms with van der Waals surface area (Å²) in [5, 5.41) is 0. The molecular formula is C31H25F3O. The zero-order valence-corrected chi connectivity index (χ0v) is 19.4. The van der Waals surface area contributed by atoms with Crippen LogP contribution in [0, 0.1) is 17.5 Å². The van der Waals surface area contributed by atoms with E-state index in [2.05, 4.69) is 0 Å². The van der Waals surface area contributed by atoms with E-state index >= 15 is 0 Å². The molecule has 4 aromatic rings. The van der Waals surface area contributed by atoms with Crippen molar-refractivity contribution in [2.75, 3.05) is 6.61 Å². The fraction of sp³-hybridized carbons (Fsp3) is 0.161. The van der Waals surface area contributed by atoms with Gasteiger partial charge in [0.05, 0.1) is 6.61 Å². The standard InChI is InChI=1S/C31H25F3O/c1-2-3-20-6-11-23(12-7-20)26-16-14-24(30(33)31(26)34)13-8-21-4-9-22(10-5-21)25-15-17-27(28(32)18-25)29-19-35-29/h2-7,9-12,14-18,29H,8,13,19H2,1H3/b3-2+. The van der Waals surface area contributed by atoms with Gasteiger partial charge in [-0.05, 0) is 59.2 Å². The minimum Gasteiger partial charge on any atom is -0.368 e. The summed E-state index contributed by atoms with van der Waals surface area (Å²) in [7, 11) is 0. The first kappa shape index (κ1) is 23.1. The predicted molar refractivity (Wildman–Crippen MR) is 134 cm³/mol. The lowest BCUT2D eigenvalue weighted by Gasteiger charge is -2.10. The Morgan fingerprint density at radius 2 is 1.46 bits per heavy atom. The van der Waals surface area contributed by atoms with E-state index in [-0.39, 0.29) is 17.5 Å². The van der Waals surface area contributed by atoms with Gasteiger partial charge in [0, 0.05) is 11.1 Å². The molecule has 35 heavy (non-hydrogen) atoms. The number of hydrogen-bond acceptors (Lipinski definition) is 1. The molecule has 0 N–H and O–H groups in total. The molecule has 1 aliphatic rings. The number of epoxide rings is 1. The van der Waals surface area contributed by atoms with Crippen LogP contribution in [-0.4, -0.2) is 6.61 Å². The van der Waals surface area contributed by atoms with Crippen molar-refractivity contribution in [1.82, 2.24) is 0 Å². The predicted octanol–water partition coefficient (Wildman–Crippen LogP) is 8.33. The van der Waals surface area contributed by atoms with Crippen LogP contribution in [0.15, 0.2) is 84.9 Å². The van der Waals surface area contributed by atoms with Crippen LogP contribution in [-0.2, 0) is 17.6 Å². The van der Waals surface area contributed by atoms with Crippen LogP contribution in [0.25, 0.3) is 28.3 Å². The van der Waals surface area contributed by atoms with E-state index < -0.39 is 11.6 Å². The molecule has 0 aromatic heterocycles. The highest BCUT2D eigenvalue weighted by Gasteiger charge is 2.27. The Hall–Kier alpha value is -3.63. The maximum atomic E-state index is 14.9. The van der Waals surface area contributed by atoms with Crippen LogP contribution in [0.2, 0.25) is 0 Å². The zero-order chi connectivity index (χ0) is 24.4. The molecule has 5 rings (SSSR count). The minimum atomic E-state index is -0.821. The van der Waals surface area contributed by atoms with Crippen molar-refractivity contribution in [2.24, 2.45) is 0 Å². The molecule has 176 valence electrons. The molecule has 0 bridgehead atoms. The van der Waals surface area contributed by atoms with Crippen molar-refractivity contribution in [1.29, 1.82) is 0 Å². The van der Waals surface area contributed by atoms with Gasteiger partial charge in [-0.1, -0.05) is 84.9 Å². The Labute approximate surface area is 203 Å². The number of ether oxygens (including phenoxy) is 1. The molecule has 0 amide bonds. The summed E-state index contributed by atoms with van der Waals surface area (Å²) >= 11 is 0. The van der Waals surface area contributed by atoms with Crippen molar-refractivity contribution < 1.29 is 17.9 Å². The first-order valence-electron chi connectivity index (χ1n) is 11.7. The van der Waals surface area contributed by atoms with Crippen molar-refractivity contribution in [3.63, 3.8) is 0 Å². The lowest BCUT2D eigenvalue weighted by Crippen LogP contribution is -2.00. The van der Waals surface area contributed by atoms with Crippen molar-refractivity contribution >= 4 is 6.08 Å². The van der Waals surface area contributed by atoms with Crippen molar-refractivity contribution in [3.05, 3.63) is 125 Å². The number of aryl methyl sites for hydroxylation is 2. The molecule has 0 radical (unpaired) electrons. The van der Waals surface area contributed by atoms with Crippen LogP contribution in [0.3, 0.4) is 0 Å². The largest absolute Gasteiger partial charge is 0.368 e. The van der Waals surface area contributed by atoms with Gasteiger partial charge in [0.15, 0.2) is 11.6 Å². The lowest BCUT2D eigenvalue weighted by molar-refractivity contribution is 0.408. The summed E-state index contributed by atoms with van der Waals surface area (Å²) in [5.74, 6) is -1.88. The van der Waals surface area contributed by atoms with Gasteiger partial charge in [-0.25, -0.2) is 13.2 Å².